The minimum Gasteiger partial charge on any atom is -0.396 e. The van der Waals surface area contributed by atoms with Gasteiger partial charge in [-0.25, -0.2) is 8.78 Å². The predicted molar refractivity (Wildman–Crippen MR) is 109 cm³/mol. The highest BCUT2D eigenvalue weighted by Crippen LogP contribution is 2.49. The lowest BCUT2D eigenvalue weighted by Gasteiger charge is -2.38. The summed E-state index contributed by atoms with van der Waals surface area (Å²) in [5, 5.41) is 13.3. The lowest BCUT2D eigenvalue weighted by atomic mass is 9.85. The summed E-state index contributed by atoms with van der Waals surface area (Å²) in [7, 11) is 0. The third-order valence-corrected chi connectivity index (χ3v) is 7.16. The number of carbonyl (C=O) groups excluding carboxylic acids is 1. The maximum Gasteiger partial charge on any atom is 0.250 e. The van der Waals surface area contributed by atoms with Crippen LogP contribution in [0.25, 0.3) is 0 Å². The number of aliphatic hydroxyl groups excluding tert-OH is 1. The summed E-state index contributed by atoms with van der Waals surface area (Å²) in [4.78, 5) is 27.8. The van der Waals surface area contributed by atoms with E-state index in [1.165, 1.54) is 12.1 Å². The number of nitrogens with zero attached hydrogens (tertiary/aromatic N) is 2. The van der Waals surface area contributed by atoms with Crippen molar-refractivity contribution < 1.29 is 18.7 Å². The molecular formula is C23H25F2N3O3. The number of amides is 1. The smallest absolute Gasteiger partial charge is 0.250 e. The van der Waals surface area contributed by atoms with Gasteiger partial charge in [0.15, 0.2) is 0 Å². The van der Waals surface area contributed by atoms with Crippen molar-refractivity contribution in [3.8, 4) is 0 Å². The molecule has 0 radical (unpaired) electrons. The Morgan fingerprint density at radius 3 is 2.71 bits per heavy atom. The molecule has 3 heterocycles. The molecule has 1 saturated heterocycles. The number of fused-ring (bicyclic) bond motifs is 4. The zero-order valence-electron chi connectivity index (χ0n) is 17.0. The van der Waals surface area contributed by atoms with Crippen molar-refractivity contribution in [1.29, 1.82) is 0 Å². The number of carbonyl (C=O) groups is 1. The first-order valence-corrected chi connectivity index (χ1v) is 10.8. The number of benzene rings is 1. The average Bonchev–Trinajstić information content (AvgIpc) is 2.92. The minimum atomic E-state index is -0.581. The minimum absolute atomic E-state index is 0.0890. The van der Waals surface area contributed by atoms with Crippen molar-refractivity contribution >= 4 is 5.91 Å². The molecule has 2 aliphatic heterocycles. The Labute approximate surface area is 178 Å². The molecule has 1 aromatic heterocycles. The standard InChI is InChI=1S/C23H25F2N3O3/c24-14-7-8-17(25)13(9-14)10-28-19-11-27-18(5-2-6-20(27)30)22(28)21(16(19)12-29)23(31)26-15-3-1-4-15/h2,5-9,15-16,19,21-22,29H,1,3-4,10-12H2,(H,26,31)/t16-,19-,21+,22+/m0/s1. The summed E-state index contributed by atoms with van der Waals surface area (Å²) in [5.41, 5.74) is 0.699. The third kappa shape index (κ3) is 3.38. The van der Waals surface area contributed by atoms with Crippen molar-refractivity contribution in [3.63, 3.8) is 0 Å². The monoisotopic (exact) mass is 429 g/mol. The molecular weight excluding hydrogens is 404 g/mol. The fourth-order valence-electron chi connectivity index (χ4n) is 5.40. The number of pyridine rings is 1. The summed E-state index contributed by atoms with van der Waals surface area (Å²) in [5.74, 6) is -2.20. The van der Waals surface area contributed by atoms with Gasteiger partial charge in [-0.3, -0.25) is 14.5 Å². The van der Waals surface area contributed by atoms with Crippen LogP contribution in [0.15, 0.2) is 41.2 Å². The van der Waals surface area contributed by atoms with Crippen LogP contribution < -0.4 is 10.9 Å². The van der Waals surface area contributed by atoms with Crippen molar-refractivity contribution in [2.24, 2.45) is 11.8 Å². The highest BCUT2D eigenvalue weighted by Gasteiger charge is 2.55. The molecule has 0 unspecified atom stereocenters. The Bertz CT molecular complexity index is 1070. The molecule has 2 N–H and O–H groups in total. The van der Waals surface area contributed by atoms with Crippen LogP contribution >= 0.6 is 0 Å². The zero-order chi connectivity index (χ0) is 21.7. The second-order valence-electron chi connectivity index (χ2n) is 8.83. The summed E-state index contributed by atoms with van der Waals surface area (Å²) in [6.45, 7) is 0.154. The molecule has 5 rings (SSSR count). The Kier molecular flexibility index (Phi) is 5.14. The molecule has 4 atom stereocenters. The van der Waals surface area contributed by atoms with Gasteiger partial charge in [0.05, 0.1) is 12.0 Å². The molecule has 1 amide bonds. The molecule has 8 heteroatoms. The van der Waals surface area contributed by atoms with E-state index >= 15 is 0 Å². The number of nitrogens with one attached hydrogen (secondary N) is 1. The largest absolute Gasteiger partial charge is 0.396 e. The van der Waals surface area contributed by atoms with E-state index in [1.807, 2.05) is 4.90 Å². The molecule has 164 valence electrons. The van der Waals surface area contributed by atoms with Crippen LogP contribution in [0, 0.1) is 23.5 Å². The van der Waals surface area contributed by atoms with E-state index in [9.17, 15) is 23.5 Å². The fourth-order valence-corrected chi connectivity index (χ4v) is 5.40. The average molecular weight is 429 g/mol. The molecule has 1 aromatic carbocycles. The van der Waals surface area contributed by atoms with E-state index in [0.29, 0.717) is 12.2 Å². The van der Waals surface area contributed by atoms with Crippen LogP contribution in [-0.2, 0) is 17.9 Å². The van der Waals surface area contributed by atoms with E-state index < -0.39 is 29.5 Å². The first kappa shape index (κ1) is 20.3. The Hall–Kier alpha value is -2.58. The highest BCUT2D eigenvalue weighted by molar-refractivity contribution is 5.81. The molecule has 6 nitrogen and oxygen atoms in total. The number of hydrogen-bond acceptors (Lipinski definition) is 4. The van der Waals surface area contributed by atoms with E-state index in [-0.39, 0.29) is 42.3 Å². The van der Waals surface area contributed by atoms with Gasteiger partial charge in [-0.05, 0) is 43.5 Å². The molecule has 1 aliphatic carbocycles. The van der Waals surface area contributed by atoms with Crippen LogP contribution in [0.5, 0.6) is 0 Å². The maximum atomic E-state index is 14.4. The molecule has 31 heavy (non-hydrogen) atoms. The van der Waals surface area contributed by atoms with Crippen LogP contribution in [0.2, 0.25) is 0 Å². The lowest BCUT2D eigenvalue weighted by Crippen LogP contribution is -2.46. The van der Waals surface area contributed by atoms with Crippen molar-refractivity contribution in [1.82, 2.24) is 14.8 Å². The lowest BCUT2D eigenvalue weighted by molar-refractivity contribution is -0.128. The van der Waals surface area contributed by atoms with Gasteiger partial charge >= 0.3 is 0 Å². The summed E-state index contributed by atoms with van der Waals surface area (Å²) >= 11 is 0. The Morgan fingerprint density at radius 1 is 1.19 bits per heavy atom. The van der Waals surface area contributed by atoms with Gasteiger partial charge < -0.3 is 15.0 Å². The van der Waals surface area contributed by atoms with Crippen LogP contribution in [0.3, 0.4) is 0 Å². The van der Waals surface area contributed by atoms with Crippen molar-refractivity contribution in [2.45, 2.75) is 50.5 Å². The summed E-state index contributed by atoms with van der Waals surface area (Å²) in [6, 6.07) is 7.56. The van der Waals surface area contributed by atoms with Crippen LogP contribution in [0.4, 0.5) is 8.78 Å². The maximum absolute atomic E-state index is 14.4. The van der Waals surface area contributed by atoms with Gasteiger partial charge in [-0.15, -0.1) is 0 Å². The fraction of sp³-hybridized carbons (Fsp3) is 0.478. The van der Waals surface area contributed by atoms with Gasteiger partial charge in [0, 0.05) is 55.0 Å². The Morgan fingerprint density at radius 2 is 2.00 bits per heavy atom. The predicted octanol–water partition coefficient (Wildman–Crippen LogP) is 1.96. The van der Waals surface area contributed by atoms with Crippen LogP contribution in [-0.4, -0.2) is 39.2 Å². The summed E-state index contributed by atoms with van der Waals surface area (Å²) in [6.07, 6.45) is 2.95. The van der Waals surface area contributed by atoms with E-state index in [0.717, 1.165) is 31.4 Å². The topological polar surface area (TPSA) is 74.6 Å². The van der Waals surface area contributed by atoms with Gasteiger partial charge in [0.1, 0.15) is 11.6 Å². The number of hydrogen-bond donors (Lipinski definition) is 2. The first-order valence-electron chi connectivity index (χ1n) is 10.8. The van der Waals surface area contributed by atoms with Gasteiger partial charge in [-0.2, -0.15) is 0 Å². The second kappa shape index (κ2) is 7.84. The molecule has 2 fully saturated rings. The van der Waals surface area contributed by atoms with E-state index in [1.54, 1.807) is 16.7 Å². The van der Waals surface area contributed by atoms with Crippen LogP contribution in [0.1, 0.15) is 36.6 Å². The quantitative estimate of drug-likeness (QED) is 0.762. The van der Waals surface area contributed by atoms with Crippen molar-refractivity contribution in [2.75, 3.05) is 6.61 Å². The first-order chi connectivity index (χ1) is 15.0. The molecule has 2 bridgehead atoms. The molecule has 2 aromatic rings. The summed E-state index contributed by atoms with van der Waals surface area (Å²) < 4.78 is 29.9. The van der Waals surface area contributed by atoms with E-state index in [4.69, 9.17) is 0 Å². The molecule has 3 aliphatic rings. The molecule has 1 saturated carbocycles. The van der Waals surface area contributed by atoms with E-state index in [2.05, 4.69) is 5.32 Å². The second-order valence-corrected chi connectivity index (χ2v) is 8.83. The number of rotatable bonds is 5. The molecule has 0 spiro atoms. The third-order valence-electron chi connectivity index (χ3n) is 7.16. The SMILES string of the molecule is O=C(NC1CCC1)[C@@H]1[C@@H](CO)[C@@H]2Cn3c(cccc3=O)[C@H]1N2Cc1cc(F)ccc1F. The zero-order valence-corrected chi connectivity index (χ0v) is 17.0. The highest BCUT2D eigenvalue weighted by atomic mass is 19.1. The Balaban J connectivity index is 1.57. The van der Waals surface area contributed by atoms with Crippen molar-refractivity contribution in [3.05, 3.63) is 69.6 Å². The number of aliphatic hydroxyl groups is 1. The number of halogens is 2. The number of aromatic nitrogens is 1. The van der Waals surface area contributed by atoms with Gasteiger partial charge in [0.25, 0.3) is 5.56 Å². The normalized spacial score (nSPS) is 27.6. The van der Waals surface area contributed by atoms with Gasteiger partial charge in [0.2, 0.25) is 5.91 Å². The van der Waals surface area contributed by atoms with Gasteiger partial charge in [-0.1, -0.05) is 6.07 Å².